The van der Waals surface area contributed by atoms with Crippen molar-refractivity contribution in [2.75, 3.05) is 11.1 Å². The lowest BCUT2D eigenvalue weighted by Gasteiger charge is -2.18. The van der Waals surface area contributed by atoms with Crippen molar-refractivity contribution >= 4 is 38.5 Å². The quantitative estimate of drug-likeness (QED) is 0.776. The summed E-state index contributed by atoms with van der Waals surface area (Å²) in [5.41, 5.74) is 6.57. The van der Waals surface area contributed by atoms with Crippen LogP contribution in [0, 0.1) is 0 Å². The lowest BCUT2D eigenvalue weighted by atomic mass is 10.2. The Balaban J connectivity index is 2.18. The van der Waals surface area contributed by atoms with Gasteiger partial charge in [0.25, 0.3) is 0 Å². The number of hydrogen-bond acceptors (Lipinski definition) is 5. The van der Waals surface area contributed by atoms with E-state index in [1.807, 2.05) is 32.9 Å². The van der Waals surface area contributed by atoms with Gasteiger partial charge in [-0.3, -0.25) is 5.32 Å². The number of nitrogens with one attached hydrogen (secondary N) is 1. The van der Waals surface area contributed by atoms with E-state index in [0.29, 0.717) is 16.3 Å². The predicted octanol–water partition coefficient (Wildman–Crippen LogP) is 3.23. The maximum atomic E-state index is 11.6. The van der Waals surface area contributed by atoms with Crippen LogP contribution < -0.4 is 11.1 Å². The Labute approximate surface area is 109 Å². The first-order valence-corrected chi connectivity index (χ1v) is 6.32. The van der Waals surface area contributed by atoms with Gasteiger partial charge in [-0.1, -0.05) is 17.4 Å². The molecule has 0 atom stereocenters. The highest BCUT2D eigenvalue weighted by molar-refractivity contribution is 7.22. The smallest absolute Gasteiger partial charge is 0.413 e. The molecular formula is C12H15N3O2S. The van der Waals surface area contributed by atoms with Gasteiger partial charge in [0.15, 0.2) is 5.13 Å². The monoisotopic (exact) mass is 265 g/mol. The van der Waals surface area contributed by atoms with Crippen LogP contribution in [-0.4, -0.2) is 16.7 Å². The molecule has 2 rings (SSSR count). The molecule has 1 aromatic heterocycles. The van der Waals surface area contributed by atoms with Crippen LogP contribution in [0.15, 0.2) is 18.2 Å². The molecule has 0 spiro atoms. The molecule has 1 heterocycles. The highest BCUT2D eigenvalue weighted by atomic mass is 32.1. The molecule has 6 heteroatoms. The molecule has 0 bridgehead atoms. The summed E-state index contributed by atoms with van der Waals surface area (Å²) in [6, 6.07) is 5.54. The highest BCUT2D eigenvalue weighted by Crippen LogP contribution is 2.29. The van der Waals surface area contributed by atoms with E-state index in [4.69, 9.17) is 10.5 Å². The number of para-hydroxylation sites is 1. The summed E-state index contributed by atoms with van der Waals surface area (Å²) in [4.78, 5) is 15.9. The van der Waals surface area contributed by atoms with Crippen molar-refractivity contribution in [3.63, 3.8) is 0 Å². The number of nitrogens with two attached hydrogens (primary N) is 1. The predicted molar refractivity (Wildman–Crippen MR) is 73.9 cm³/mol. The summed E-state index contributed by atoms with van der Waals surface area (Å²) in [6.07, 6.45) is -0.514. The lowest BCUT2D eigenvalue weighted by Crippen LogP contribution is -2.27. The Bertz CT molecular complexity index is 587. The summed E-state index contributed by atoms with van der Waals surface area (Å²) in [5, 5.41) is 3.09. The van der Waals surface area contributed by atoms with Crippen molar-refractivity contribution in [3.8, 4) is 0 Å². The molecule has 1 amide bonds. The Hall–Kier alpha value is -1.82. The standard InChI is InChI=1S/C12H15N3O2S/c1-12(2,3)17-11(16)15-10-14-9-7(13)5-4-6-8(9)18-10/h4-6H,13H2,1-3H3,(H,14,15,16). The number of aromatic nitrogens is 1. The number of amides is 1. The molecule has 1 aromatic carbocycles. The number of nitrogens with zero attached hydrogens (tertiary/aromatic N) is 1. The van der Waals surface area contributed by atoms with E-state index in [2.05, 4.69) is 10.3 Å². The van der Waals surface area contributed by atoms with Gasteiger partial charge in [0.2, 0.25) is 0 Å². The molecule has 96 valence electrons. The number of carbonyl (C=O) groups excluding carboxylic acids is 1. The number of ether oxygens (including phenoxy) is 1. The van der Waals surface area contributed by atoms with Crippen LogP contribution in [0.5, 0.6) is 0 Å². The highest BCUT2D eigenvalue weighted by Gasteiger charge is 2.17. The van der Waals surface area contributed by atoms with Gasteiger partial charge in [0.1, 0.15) is 11.1 Å². The molecule has 5 nitrogen and oxygen atoms in total. The number of hydrogen-bond donors (Lipinski definition) is 2. The summed E-state index contributed by atoms with van der Waals surface area (Å²) in [7, 11) is 0. The summed E-state index contributed by atoms with van der Waals surface area (Å²) in [5.74, 6) is 0. The molecule has 0 aliphatic rings. The third-order valence-electron chi connectivity index (χ3n) is 2.06. The van der Waals surface area contributed by atoms with Crippen LogP contribution in [0.1, 0.15) is 20.8 Å². The first-order chi connectivity index (χ1) is 8.35. The largest absolute Gasteiger partial charge is 0.444 e. The lowest BCUT2D eigenvalue weighted by molar-refractivity contribution is 0.0636. The first-order valence-electron chi connectivity index (χ1n) is 5.50. The Kier molecular flexibility index (Phi) is 3.13. The molecule has 3 N–H and O–H groups in total. The van der Waals surface area contributed by atoms with Gasteiger partial charge in [-0.2, -0.15) is 0 Å². The zero-order valence-electron chi connectivity index (χ0n) is 10.5. The minimum atomic E-state index is -0.528. The number of nitrogen functional groups attached to an aromatic ring is 1. The maximum Gasteiger partial charge on any atom is 0.413 e. The Morgan fingerprint density at radius 2 is 2.17 bits per heavy atom. The van der Waals surface area contributed by atoms with Crippen molar-refractivity contribution in [2.24, 2.45) is 0 Å². The SMILES string of the molecule is CC(C)(C)OC(=O)Nc1nc2c(N)cccc2s1. The Morgan fingerprint density at radius 1 is 1.44 bits per heavy atom. The maximum absolute atomic E-state index is 11.6. The zero-order valence-corrected chi connectivity index (χ0v) is 11.3. The van der Waals surface area contributed by atoms with Crippen molar-refractivity contribution in [1.29, 1.82) is 0 Å². The molecular weight excluding hydrogens is 250 g/mol. The van der Waals surface area contributed by atoms with Gasteiger partial charge in [-0.15, -0.1) is 0 Å². The Morgan fingerprint density at radius 3 is 2.78 bits per heavy atom. The third-order valence-corrected chi connectivity index (χ3v) is 2.99. The van der Waals surface area contributed by atoms with Crippen molar-refractivity contribution in [3.05, 3.63) is 18.2 Å². The van der Waals surface area contributed by atoms with Gasteiger partial charge < -0.3 is 10.5 Å². The summed E-state index contributed by atoms with van der Waals surface area (Å²) >= 11 is 1.36. The fourth-order valence-corrected chi connectivity index (χ4v) is 2.30. The van der Waals surface area contributed by atoms with Crippen LogP contribution in [0.3, 0.4) is 0 Å². The molecule has 0 aliphatic carbocycles. The van der Waals surface area contributed by atoms with Gasteiger partial charge >= 0.3 is 6.09 Å². The van der Waals surface area contributed by atoms with Crippen molar-refractivity contribution in [2.45, 2.75) is 26.4 Å². The molecule has 0 radical (unpaired) electrons. The minimum absolute atomic E-state index is 0.483. The second-order valence-electron chi connectivity index (χ2n) is 4.84. The van der Waals surface area contributed by atoms with Gasteiger partial charge in [0.05, 0.1) is 10.4 Å². The summed E-state index contributed by atoms with van der Waals surface area (Å²) in [6.45, 7) is 5.43. The number of fused-ring (bicyclic) bond motifs is 1. The summed E-state index contributed by atoms with van der Waals surface area (Å²) < 4.78 is 6.08. The second kappa shape index (κ2) is 4.45. The fourth-order valence-electron chi connectivity index (χ4n) is 1.41. The van der Waals surface area contributed by atoms with Crippen LogP contribution >= 0.6 is 11.3 Å². The number of carbonyl (C=O) groups is 1. The van der Waals surface area contributed by atoms with E-state index >= 15 is 0 Å². The van der Waals surface area contributed by atoms with Crippen LogP contribution in [0.2, 0.25) is 0 Å². The van der Waals surface area contributed by atoms with Crippen molar-refractivity contribution < 1.29 is 9.53 Å². The van der Waals surface area contributed by atoms with Crippen LogP contribution in [0.4, 0.5) is 15.6 Å². The number of anilines is 2. The van der Waals surface area contributed by atoms with Crippen LogP contribution in [0.25, 0.3) is 10.2 Å². The van der Waals surface area contributed by atoms with E-state index in [-0.39, 0.29) is 0 Å². The molecule has 18 heavy (non-hydrogen) atoms. The van der Waals surface area contributed by atoms with E-state index in [1.165, 1.54) is 11.3 Å². The van der Waals surface area contributed by atoms with Crippen molar-refractivity contribution in [1.82, 2.24) is 4.98 Å². The van der Waals surface area contributed by atoms with E-state index in [9.17, 15) is 4.79 Å². The van der Waals surface area contributed by atoms with Gasteiger partial charge in [-0.25, -0.2) is 9.78 Å². The van der Waals surface area contributed by atoms with E-state index < -0.39 is 11.7 Å². The van der Waals surface area contributed by atoms with E-state index in [0.717, 1.165) is 4.70 Å². The second-order valence-corrected chi connectivity index (χ2v) is 5.87. The molecule has 2 aromatic rings. The first kappa shape index (κ1) is 12.6. The third kappa shape index (κ3) is 2.89. The average Bonchev–Trinajstić information content (AvgIpc) is 2.58. The number of thiazole rings is 1. The average molecular weight is 265 g/mol. The topological polar surface area (TPSA) is 77.2 Å². The van der Waals surface area contributed by atoms with Gasteiger partial charge in [0, 0.05) is 0 Å². The van der Waals surface area contributed by atoms with Gasteiger partial charge in [-0.05, 0) is 32.9 Å². The van der Waals surface area contributed by atoms with E-state index in [1.54, 1.807) is 6.07 Å². The molecule has 0 aliphatic heterocycles. The molecule has 0 saturated heterocycles. The molecule has 0 fully saturated rings. The number of rotatable bonds is 1. The fraction of sp³-hybridized carbons (Fsp3) is 0.333. The molecule has 0 saturated carbocycles. The minimum Gasteiger partial charge on any atom is -0.444 e. The molecule has 0 unspecified atom stereocenters. The zero-order chi connectivity index (χ0) is 13.3. The number of benzene rings is 1. The normalized spacial score (nSPS) is 11.5. The van der Waals surface area contributed by atoms with Crippen LogP contribution in [-0.2, 0) is 4.74 Å².